The summed E-state index contributed by atoms with van der Waals surface area (Å²) < 4.78 is 0. The fourth-order valence-corrected chi connectivity index (χ4v) is 1.12. The Bertz CT molecular complexity index is 111. The molecule has 2 aliphatic rings. The van der Waals surface area contributed by atoms with E-state index in [1.54, 1.807) is 0 Å². The van der Waals surface area contributed by atoms with E-state index in [0.29, 0.717) is 0 Å². The van der Waals surface area contributed by atoms with Gasteiger partial charge in [0.2, 0.25) is 0 Å². The van der Waals surface area contributed by atoms with E-state index in [0.717, 1.165) is 17.5 Å². The topological polar surface area (TPSA) is 23.9 Å². The van der Waals surface area contributed by atoms with Crippen LogP contribution in [0.15, 0.2) is 0 Å². The summed E-state index contributed by atoms with van der Waals surface area (Å²) in [5, 5.41) is 7.52. The Morgan fingerprint density at radius 2 is 1.33 bits per heavy atom. The summed E-state index contributed by atoms with van der Waals surface area (Å²) in [5.41, 5.74) is 1.07. The van der Waals surface area contributed by atoms with Crippen molar-refractivity contribution >= 4 is 22.7 Å². The Labute approximate surface area is 66.1 Å². The van der Waals surface area contributed by atoms with Crippen molar-refractivity contribution in [2.45, 2.75) is 25.7 Å². The number of hydrogen-bond acceptors (Lipinski definition) is 1. The molecule has 52 valence electrons. The molecule has 2 rings (SSSR count). The van der Waals surface area contributed by atoms with Crippen molar-refractivity contribution in [2.24, 2.45) is 11.8 Å². The lowest BCUT2D eigenvalue weighted by Crippen LogP contribution is -1.99. The maximum Gasteiger partial charge on any atom is 0.0151 e. The molecule has 0 amide bonds. The van der Waals surface area contributed by atoms with E-state index >= 15 is 0 Å². The third-order valence-electron chi connectivity index (χ3n) is 2.03. The molecule has 0 aromatic carbocycles. The minimum absolute atomic E-state index is 0. The van der Waals surface area contributed by atoms with Crippen LogP contribution in [0.25, 0.3) is 0 Å². The van der Waals surface area contributed by atoms with Crippen molar-refractivity contribution in [3.8, 4) is 0 Å². The molecule has 0 atom stereocenters. The largest absolute Gasteiger partial charge is 0.309 e. The van der Waals surface area contributed by atoms with Gasteiger partial charge in [-0.05, 0) is 37.5 Å². The van der Waals surface area contributed by atoms with Crippen LogP contribution in [0.1, 0.15) is 25.7 Å². The Morgan fingerprint density at radius 3 is 1.56 bits per heavy atom. The average Bonchev–Trinajstić information content (AvgIpc) is 2.63. The molecule has 0 spiro atoms. The van der Waals surface area contributed by atoms with E-state index in [1.165, 1.54) is 25.7 Å². The van der Waals surface area contributed by atoms with Crippen molar-refractivity contribution in [1.82, 2.24) is 0 Å². The van der Waals surface area contributed by atoms with Gasteiger partial charge in [-0.25, -0.2) is 0 Å². The molecule has 2 aliphatic carbocycles. The van der Waals surface area contributed by atoms with E-state index in [1.807, 2.05) is 0 Å². The number of hydrogen-bond donors (Lipinski definition) is 1. The monoisotopic (exact) mass is 189 g/mol. The zero-order valence-electron chi connectivity index (χ0n) is 5.39. The summed E-state index contributed by atoms with van der Waals surface area (Å²) in [6.07, 6.45) is 5.26. The Morgan fingerprint density at radius 1 is 1.00 bits per heavy atom. The SMILES string of the molecule is Br.N=C(C1CC1)C1CC1. The zero-order valence-corrected chi connectivity index (χ0v) is 7.10. The maximum absolute atomic E-state index is 7.52. The molecule has 2 fully saturated rings. The zero-order chi connectivity index (χ0) is 5.56. The van der Waals surface area contributed by atoms with Crippen LogP contribution in [0.3, 0.4) is 0 Å². The quantitative estimate of drug-likeness (QED) is 0.646. The first-order valence-electron chi connectivity index (χ1n) is 3.46. The van der Waals surface area contributed by atoms with Crippen LogP contribution in [0.2, 0.25) is 0 Å². The third-order valence-corrected chi connectivity index (χ3v) is 2.03. The fourth-order valence-electron chi connectivity index (χ4n) is 1.12. The van der Waals surface area contributed by atoms with Crippen molar-refractivity contribution in [2.75, 3.05) is 0 Å². The molecule has 0 bridgehead atoms. The van der Waals surface area contributed by atoms with Crippen LogP contribution in [-0.2, 0) is 0 Å². The van der Waals surface area contributed by atoms with Gasteiger partial charge in [0.05, 0.1) is 0 Å². The molecular weight excluding hydrogens is 178 g/mol. The maximum atomic E-state index is 7.52. The first-order chi connectivity index (χ1) is 3.88. The first kappa shape index (κ1) is 7.26. The summed E-state index contributed by atoms with van der Waals surface area (Å²) in [4.78, 5) is 0. The van der Waals surface area contributed by atoms with Crippen LogP contribution in [0.4, 0.5) is 0 Å². The summed E-state index contributed by atoms with van der Waals surface area (Å²) in [7, 11) is 0. The highest BCUT2D eigenvalue weighted by atomic mass is 79.9. The molecule has 1 N–H and O–H groups in total. The predicted octanol–water partition coefficient (Wildman–Crippen LogP) is 2.40. The standard InChI is InChI=1S/C7H11N.BrH/c8-7(5-1-2-5)6-3-4-6;/h5-6,8H,1-4H2;1H. The molecule has 0 aromatic rings. The predicted molar refractivity (Wildman–Crippen MR) is 43.5 cm³/mol. The molecule has 0 aliphatic heterocycles. The highest BCUT2D eigenvalue weighted by Gasteiger charge is 2.36. The Balaban J connectivity index is 0.000000405. The highest BCUT2D eigenvalue weighted by molar-refractivity contribution is 8.93. The Hall–Kier alpha value is 0.150. The molecule has 1 nitrogen and oxygen atoms in total. The van der Waals surface area contributed by atoms with Gasteiger partial charge in [0.1, 0.15) is 0 Å². The first-order valence-corrected chi connectivity index (χ1v) is 3.46. The smallest absolute Gasteiger partial charge is 0.0151 e. The molecule has 0 radical (unpaired) electrons. The average molecular weight is 190 g/mol. The molecule has 0 unspecified atom stereocenters. The second-order valence-corrected chi connectivity index (χ2v) is 3.00. The lowest BCUT2D eigenvalue weighted by Gasteiger charge is -1.92. The molecule has 2 saturated carbocycles. The van der Waals surface area contributed by atoms with Gasteiger partial charge in [-0.1, -0.05) is 0 Å². The number of rotatable bonds is 2. The molecule has 0 heterocycles. The molecule has 0 saturated heterocycles. The third kappa shape index (κ3) is 1.54. The van der Waals surface area contributed by atoms with Gasteiger partial charge in [-0.2, -0.15) is 0 Å². The van der Waals surface area contributed by atoms with Crippen LogP contribution in [-0.4, -0.2) is 5.71 Å². The normalized spacial score (nSPS) is 24.9. The van der Waals surface area contributed by atoms with Crippen molar-refractivity contribution in [1.29, 1.82) is 5.41 Å². The fraction of sp³-hybridized carbons (Fsp3) is 0.857. The van der Waals surface area contributed by atoms with Crippen LogP contribution in [0.5, 0.6) is 0 Å². The molecular formula is C7H12BrN. The van der Waals surface area contributed by atoms with E-state index in [9.17, 15) is 0 Å². The van der Waals surface area contributed by atoms with Crippen LogP contribution < -0.4 is 0 Å². The Kier molecular flexibility index (Phi) is 1.94. The second kappa shape index (κ2) is 2.41. The molecule has 9 heavy (non-hydrogen) atoms. The van der Waals surface area contributed by atoms with Crippen LogP contribution in [0, 0.1) is 17.2 Å². The molecule has 0 aromatic heterocycles. The summed E-state index contributed by atoms with van der Waals surface area (Å²) in [5.74, 6) is 1.48. The highest BCUT2D eigenvalue weighted by Crippen LogP contribution is 2.41. The lowest BCUT2D eigenvalue weighted by atomic mass is 10.2. The van der Waals surface area contributed by atoms with Crippen LogP contribution >= 0.6 is 17.0 Å². The van der Waals surface area contributed by atoms with Crippen molar-refractivity contribution in [3.05, 3.63) is 0 Å². The summed E-state index contributed by atoms with van der Waals surface area (Å²) in [6, 6.07) is 0. The minimum atomic E-state index is 0. The van der Waals surface area contributed by atoms with Gasteiger partial charge in [-0.15, -0.1) is 17.0 Å². The van der Waals surface area contributed by atoms with Crippen molar-refractivity contribution < 1.29 is 0 Å². The van der Waals surface area contributed by atoms with Gasteiger partial charge in [-0.3, -0.25) is 0 Å². The van der Waals surface area contributed by atoms with E-state index in [-0.39, 0.29) is 17.0 Å². The minimum Gasteiger partial charge on any atom is -0.309 e. The molecule has 2 heteroatoms. The van der Waals surface area contributed by atoms with Crippen molar-refractivity contribution in [3.63, 3.8) is 0 Å². The van der Waals surface area contributed by atoms with E-state index in [4.69, 9.17) is 5.41 Å². The van der Waals surface area contributed by atoms with Gasteiger partial charge in [0.15, 0.2) is 0 Å². The van der Waals surface area contributed by atoms with Gasteiger partial charge in [0.25, 0.3) is 0 Å². The summed E-state index contributed by atoms with van der Waals surface area (Å²) >= 11 is 0. The van der Waals surface area contributed by atoms with Gasteiger partial charge >= 0.3 is 0 Å². The second-order valence-electron chi connectivity index (χ2n) is 3.00. The number of halogens is 1. The van der Waals surface area contributed by atoms with E-state index < -0.39 is 0 Å². The van der Waals surface area contributed by atoms with Gasteiger partial charge < -0.3 is 5.41 Å². The summed E-state index contributed by atoms with van der Waals surface area (Å²) in [6.45, 7) is 0. The van der Waals surface area contributed by atoms with E-state index in [2.05, 4.69) is 0 Å². The lowest BCUT2D eigenvalue weighted by molar-refractivity contribution is 1.02. The number of nitrogens with one attached hydrogen (secondary N) is 1. The van der Waals surface area contributed by atoms with Gasteiger partial charge in [0, 0.05) is 5.71 Å².